The van der Waals surface area contributed by atoms with Crippen LogP contribution < -0.4 is 0 Å². The van der Waals surface area contributed by atoms with Gasteiger partial charge in [0.05, 0.1) is 0 Å². The van der Waals surface area contributed by atoms with Gasteiger partial charge in [-0.25, -0.2) is 4.79 Å². The predicted molar refractivity (Wildman–Crippen MR) is 94.8 cm³/mol. The van der Waals surface area contributed by atoms with Crippen molar-refractivity contribution in [3.05, 3.63) is 47.7 Å². The van der Waals surface area contributed by atoms with E-state index < -0.39 is 12.0 Å². The summed E-state index contributed by atoms with van der Waals surface area (Å²) in [5.74, 6) is -1.03. The zero-order chi connectivity index (χ0) is 17.6. The average Bonchev–Trinajstić information content (AvgIpc) is 2.98. The van der Waals surface area contributed by atoms with Crippen molar-refractivity contribution in [3.63, 3.8) is 0 Å². The lowest BCUT2D eigenvalue weighted by molar-refractivity contribution is -0.143. The fraction of sp³-hybridized carbons (Fsp3) is 0.300. The van der Waals surface area contributed by atoms with Crippen molar-refractivity contribution in [1.82, 2.24) is 4.90 Å². The first-order valence-corrected chi connectivity index (χ1v) is 8.52. The molecule has 1 saturated heterocycles. The van der Waals surface area contributed by atoms with Crippen LogP contribution in [0.5, 0.6) is 0 Å². The number of amides is 1. The first kappa shape index (κ1) is 15.7. The standard InChI is InChI=1S/C20H19NO4/c1-12-14-10-9-13-6-2-3-7-15(13)18(14)25-17(12)19(22)21-11-5-4-8-16(21)20(23)24/h2-3,6-7,9-10,16H,4-5,8,11H2,1H3,(H,23,24)/t16-/m1/s1. The molecule has 0 unspecified atom stereocenters. The zero-order valence-corrected chi connectivity index (χ0v) is 14.0. The molecule has 2 aromatic carbocycles. The number of hydrogen-bond donors (Lipinski definition) is 1. The van der Waals surface area contributed by atoms with E-state index in [9.17, 15) is 14.7 Å². The molecule has 0 spiro atoms. The molecule has 128 valence electrons. The summed E-state index contributed by atoms with van der Waals surface area (Å²) in [6, 6.07) is 11.1. The first-order chi connectivity index (χ1) is 12.1. The molecule has 25 heavy (non-hydrogen) atoms. The Labute approximate surface area is 144 Å². The third-order valence-electron chi connectivity index (χ3n) is 5.07. The zero-order valence-electron chi connectivity index (χ0n) is 14.0. The Kier molecular flexibility index (Phi) is 3.71. The highest BCUT2D eigenvalue weighted by Gasteiger charge is 2.35. The van der Waals surface area contributed by atoms with Crippen LogP contribution in [0.25, 0.3) is 21.7 Å². The number of piperidine rings is 1. The van der Waals surface area contributed by atoms with E-state index in [0.29, 0.717) is 18.5 Å². The molecule has 1 aromatic heterocycles. The third-order valence-corrected chi connectivity index (χ3v) is 5.07. The van der Waals surface area contributed by atoms with Gasteiger partial charge in [-0.05, 0) is 31.6 Å². The van der Waals surface area contributed by atoms with E-state index in [-0.39, 0.29) is 11.7 Å². The molecule has 1 aliphatic rings. The molecular formula is C20H19NO4. The summed E-state index contributed by atoms with van der Waals surface area (Å²) in [6.45, 7) is 2.31. The highest BCUT2D eigenvalue weighted by Crippen LogP contribution is 2.33. The van der Waals surface area contributed by atoms with Crippen LogP contribution in [0.4, 0.5) is 0 Å². The minimum Gasteiger partial charge on any atom is -0.480 e. The number of benzene rings is 2. The second-order valence-corrected chi connectivity index (χ2v) is 6.57. The number of aryl methyl sites for hydroxylation is 1. The van der Waals surface area contributed by atoms with E-state index in [1.165, 1.54) is 4.90 Å². The number of likely N-dealkylation sites (tertiary alicyclic amines) is 1. The van der Waals surface area contributed by atoms with Gasteiger partial charge in [-0.15, -0.1) is 0 Å². The smallest absolute Gasteiger partial charge is 0.326 e. The summed E-state index contributed by atoms with van der Waals surface area (Å²) in [5.41, 5.74) is 1.45. The Balaban J connectivity index is 1.83. The topological polar surface area (TPSA) is 70.8 Å². The number of hydrogen-bond acceptors (Lipinski definition) is 3. The molecule has 0 bridgehead atoms. The summed E-state index contributed by atoms with van der Waals surface area (Å²) < 4.78 is 5.97. The highest BCUT2D eigenvalue weighted by molar-refractivity contribution is 6.09. The molecule has 4 rings (SSSR count). The van der Waals surface area contributed by atoms with Crippen molar-refractivity contribution in [1.29, 1.82) is 0 Å². The lowest BCUT2D eigenvalue weighted by Crippen LogP contribution is -2.48. The maximum atomic E-state index is 13.0. The number of fused-ring (bicyclic) bond motifs is 3. The molecule has 0 saturated carbocycles. The van der Waals surface area contributed by atoms with Crippen molar-refractivity contribution in [2.24, 2.45) is 0 Å². The maximum Gasteiger partial charge on any atom is 0.326 e. The van der Waals surface area contributed by atoms with Crippen LogP contribution in [-0.4, -0.2) is 34.5 Å². The van der Waals surface area contributed by atoms with Crippen LogP contribution in [0.15, 0.2) is 40.8 Å². The summed E-state index contributed by atoms with van der Waals surface area (Å²) in [4.78, 5) is 26.0. The molecule has 0 aliphatic carbocycles. The van der Waals surface area contributed by atoms with Gasteiger partial charge in [-0.2, -0.15) is 0 Å². The van der Waals surface area contributed by atoms with Crippen LogP contribution in [0.1, 0.15) is 35.4 Å². The van der Waals surface area contributed by atoms with Crippen molar-refractivity contribution in [2.75, 3.05) is 6.54 Å². The number of furan rings is 1. The average molecular weight is 337 g/mol. The molecule has 5 heteroatoms. The Bertz CT molecular complexity index is 988. The van der Waals surface area contributed by atoms with E-state index in [1.54, 1.807) is 0 Å². The number of carboxylic acid groups (broad SMARTS) is 1. The van der Waals surface area contributed by atoms with Gasteiger partial charge in [0.1, 0.15) is 11.6 Å². The number of rotatable bonds is 2. The summed E-state index contributed by atoms with van der Waals surface area (Å²) in [6.07, 6.45) is 2.13. The van der Waals surface area contributed by atoms with Crippen LogP contribution in [0.2, 0.25) is 0 Å². The van der Waals surface area contributed by atoms with E-state index in [2.05, 4.69) is 0 Å². The molecular weight excluding hydrogens is 318 g/mol. The van der Waals surface area contributed by atoms with Crippen LogP contribution in [0.3, 0.4) is 0 Å². The molecule has 2 heterocycles. The van der Waals surface area contributed by atoms with Gasteiger partial charge in [-0.3, -0.25) is 4.79 Å². The van der Waals surface area contributed by atoms with Gasteiger partial charge in [0.15, 0.2) is 5.76 Å². The normalized spacial score (nSPS) is 18.0. The largest absolute Gasteiger partial charge is 0.480 e. The summed E-state index contributed by atoms with van der Waals surface area (Å²) in [7, 11) is 0. The number of carbonyl (C=O) groups excluding carboxylic acids is 1. The van der Waals surface area contributed by atoms with E-state index in [0.717, 1.165) is 34.6 Å². The molecule has 5 nitrogen and oxygen atoms in total. The van der Waals surface area contributed by atoms with Crippen molar-refractivity contribution in [3.8, 4) is 0 Å². The molecule has 0 radical (unpaired) electrons. The summed E-state index contributed by atoms with van der Waals surface area (Å²) in [5, 5.41) is 12.3. The van der Waals surface area contributed by atoms with Crippen LogP contribution in [0, 0.1) is 6.92 Å². The van der Waals surface area contributed by atoms with Gasteiger partial charge >= 0.3 is 5.97 Å². The van der Waals surface area contributed by atoms with Gasteiger partial charge in [-0.1, -0.05) is 36.4 Å². The Morgan fingerprint density at radius 1 is 1.12 bits per heavy atom. The Morgan fingerprint density at radius 3 is 2.72 bits per heavy atom. The van der Waals surface area contributed by atoms with Gasteiger partial charge in [0.2, 0.25) is 0 Å². The van der Waals surface area contributed by atoms with E-state index >= 15 is 0 Å². The quantitative estimate of drug-likeness (QED) is 0.768. The summed E-state index contributed by atoms with van der Waals surface area (Å²) >= 11 is 0. The number of carboxylic acids is 1. The molecule has 3 aromatic rings. The first-order valence-electron chi connectivity index (χ1n) is 8.52. The lowest BCUT2D eigenvalue weighted by Gasteiger charge is -2.32. The van der Waals surface area contributed by atoms with Gasteiger partial charge in [0, 0.05) is 22.9 Å². The maximum absolute atomic E-state index is 13.0. The number of nitrogens with zero attached hydrogens (tertiary/aromatic N) is 1. The fourth-order valence-corrected chi connectivity index (χ4v) is 3.72. The van der Waals surface area contributed by atoms with Crippen molar-refractivity contribution >= 4 is 33.6 Å². The molecule has 1 fully saturated rings. The second kappa shape index (κ2) is 5.92. The van der Waals surface area contributed by atoms with Gasteiger partial charge in [0.25, 0.3) is 5.91 Å². The molecule has 1 N–H and O–H groups in total. The van der Waals surface area contributed by atoms with Crippen LogP contribution >= 0.6 is 0 Å². The monoisotopic (exact) mass is 337 g/mol. The molecule has 1 amide bonds. The minimum absolute atomic E-state index is 0.250. The Hall–Kier alpha value is -2.82. The lowest BCUT2D eigenvalue weighted by atomic mass is 10.0. The van der Waals surface area contributed by atoms with Crippen molar-refractivity contribution < 1.29 is 19.1 Å². The molecule has 1 atom stereocenters. The number of carbonyl (C=O) groups is 2. The van der Waals surface area contributed by atoms with Gasteiger partial charge < -0.3 is 14.4 Å². The van der Waals surface area contributed by atoms with Crippen LogP contribution in [-0.2, 0) is 4.79 Å². The minimum atomic E-state index is -0.952. The third kappa shape index (κ3) is 2.47. The van der Waals surface area contributed by atoms with Crippen molar-refractivity contribution in [2.45, 2.75) is 32.2 Å². The number of aliphatic carboxylic acids is 1. The predicted octanol–water partition coefficient (Wildman–Crippen LogP) is 3.97. The highest BCUT2D eigenvalue weighted by atomic mass is 16.4. The second-order valence-electron chi connectivity index (χ2n) is 6.57. The fourth-order valence-electron chi connectivity index (χ4n) is 3.72. The SMILES string of the molecule is Cc1c(C(=O)N2CCCC[C@@H]2C(=O)O)oc2c1ccc1ccccc12. The van der Waals surface area contributed by atoms with E-state index in [4.69, 9.17) is 4.42 Å². The Morgan fingerprint density at radius 2 is 1.92 bits per heavy atom. The van der Waals surface area contributed by atoms with E-state index in [1.807, 2.05) is 43.3 Å². The molecule has 1 aliphatic heterocycles.